The van der Waals surface area contributed by atoms with Crippen molar-refractivity contribution in [2.24, 2.45) is 10.1 Å². The van der Waals surface area contributed by atoms with Crippen LogP contribution in [0.25, 0.3) is 4.95 Å². The summed E-state index contributed by atoms with van der Waals surface area (Å²) in [6.45, 7) is 7.08. The van der Waals surface area contributed by atoms with Crippen molar-refractivity contribution in [2.45, 2.75) is 12.4 Å². The lowest BCUT2D eigenvalue weighted by Gasteiger charge is -2.23. The van der Waals surface area contributed by atoms with Crippen molar-refractivity contribution in [3.05, 3.63) is 118 Å². The summed E-state index contributed by atoms with van der Waals surface area (Å²) in [4.78, 5) is 6.61. The largest absolute Gasteiger partial charge is 0.454 e. The second-order valence-corrected chi connectivity index (χ2v) is 7.59. The van der Waals surface area contributed by atoms with Crippen molar-refractivity contribution >= 4 is 11.4 Å². The first-order valence-electron chi connectivity index (χ1n) is 10.5. The number of benzene rings is 2. The van der Waals surface area contributed by atoms with Gasteiger partial charge in [0, 0.05) is 11.1 Å². The summed E-state index contributed by atoms with van der Waals surface area (Å²) in [5, 5.41) is 12.7. The molecule has 0 heterocycles. The minimum Gasteiger partial charge on any atom is -0.454 e. The van der Waals surface area contributed by atoms with Gasteiger partial charge in [0.05, 0.1) is 16.2 Å². The van der Waals surface area contributed by atoms with E-state index in [1.807, 2.05) is 0 Å². The van der Waals surface area contributed by atoms with E-state index < -0.39 is 23.5 Å². The van der Waals surface area contributed by atoms with E-state index in [9.17, 15) is 26.3 Å². The fourth-order valence-electron chi connectivity index (χ4n) is 3.52. The summed E-state index contributed by atoms with van der Waals surface area (Å²) in [6.07, 6.45) is -2.23. The number of rotatable bonds is 4. The molecule has 0 saturated heterocycles. The highest BCUT2D eigenvalue weighted by Gasteiger charge is 2.33. The molecule has 38 heavy (non-hydrogen) atoms. The number of hydrogen-bond donors (Lipinski definition) is 0. The molecule has 0 unspecified atom stereocenters. The van der Waals surface area contributed by atoms with Crippen LogP contribution in [0.1, 0.15) is 11.1 Å². The minimum absolute atomic E-state index is 0.0279. The van der Waals surface area contributed by atoms with Crippen LogP contribution in [0.15, 0.2) is 106 Å². The zero-order valence-corrected chi connectivity index (χ0v) is 18.8. The highest BCUT2D eigenvalue weighted by atomic mass is 19.4. The van der Waals surface area contributed by atoms with E-state index in [2.05, 4.69) is 15.0 Å². The van der Waals surface area contributed by atoms with Gasteiger partial charge in [0.1, 0.15) is 17.2 Å². The van der Waals surface area contributed by atoms with Crippen LogP contribution < -0.4 is 9.47 Å². The number of ether oxygens (including phenoxy) is 2. The molecule has 2 aromatic rings. The molecule has 0 N–H and O–H groups in total. The highest BCUT2D eigenvalue weighted by Crippen LogP contribution is 2.37. The van der Waals surface area contributed by atoms with Crippen LogP contribution in [-0.4, -0.2) is 11.4 Å². The fraction of sp³-hybridized carbons (Fsp3) is 0.0769. The Labute approximate surface area is 211 Å². The lowest BCUT2D eigenvalue weighted by Crippen LogP contribution is -2.21. The fourth-order valence-corrected chi connectivity index (χ4v) is 3.52. The van der Waals surface area contributed by atoms with Gasteiger partial charge in [-0.1, -0.05) is 12.1 Å². The second kappa shape index (κ2) is 10.1. The number of aliphatic imine (C=N–C) groups is 1. The quantitative estimate of drug-likeness (QED) is 0.186. The second-order valence-electron chi connectivity index (χ2n) is 7.59. The number of fused-ring (bicyclic) bond motifs is 1. The van der Waals surface area contributed by atoms with Crippen molar-refractivity contribution in [3.63, 3.8) is 0 Å². The Morgan fingerprint density at radius 3 is 1.66 bits per heavy atom. The lowest BCUT2D eigenvalue weighted by molar-refractivity contribution is -0.138. The molecule has 0 atom stereocenters. The average molecular weight is 526 g/mol. The van der Waals surface area contributed by atoms with E-state index in [0.717, 1.165) is 36.4 Å². The normalized spacial score (nSPS) is 17.4. The highest BCUT2D eigenvalue weighted by molar-refractivity contribution is 6.15. The van der Waals surface area contributed by atoms with Crippen molar-refractivity contribution in [3.8, 4) is 17.7 Å². The predicted octanol–water partition coefficient (Wildman–Crippen LogP) is 7.03. The number of hydrogen-bond acceptors (Lipinski definition) is 5. The molecule has 4 rings (SSSR count). The lowest BCUT2D eigenvalue weighted by atomic mass is 9.90. The first kappa shape index (κ1) is 26.0. The van der Waals surface area contributed by atoms with E-state index >= 15 is 0 Å². The molecule has 0 bridgehead atoms. The molecule has 0 radical (unpaired) electrons. The van der Waals surface area contributed by atoms with Gasteiger partial charge in [-0.05, 0) is 60.7 Å². The molecule has 0 aromatic heterocycles. The van der Waals surface area contributed by atoms with Gasteiger partial charge in [-0.15, -0.1) is 4.95 Å². The third-order valence-electron chi connectivity index (χ3n) is 5.15. The van der Waals surface area contributed by atoms with Gasteiger partial charge in [0.15, 0.2) is 17.2 Å². The Morgan fingerprint density at radius 1 is 0.737 bits per heavy atom. The summed E-state index contributed by atoms with van der Waals surface area (Å²) >= 11 is 0. The number of halogens is 6. The summed E-state index contributed by atoms with van der Waals surface area (Å²) in [5.74, 6) is -0.654. The maximum absolute atomic E-state index is 13.2. The first-order valence-corrected chi connectivity index (χ1v) is 10.5. The number of nitrogens with zero attached hydrogens (tertiary/aromatic N) is 4. The van der Waals surface area contributed by atoms with E-state index in [1.165, 1.54) is 36.4 Å². The smallest absolute Gasteiger partial charge is 0.416 e. The maximum atomic E-state index is 13.2. The van der Waals surface area contributed by atoms with Gasteiger partial charge in [-0.25, -0.2) is 0 Å². The third kappa shape index (κ3) is 5.50. The molecular weight excluding hydrogens is 514 g/mol. The number of allylic oxidation sites excluding steroid dienone is 6. The van der Waals surface area contributed by atoms with Crippen molar-refractivity contribution in [2.75, 3.05) is 0 Å². The summed E-state index contributed by atoms with van der Waals surface area (Å²) in [7, 11) is 0. The first-order chi connectivity index (χ1) is 18.0. The van der Waals surface area contributed by atoms with Crippen LogP contribution in [0.2, 0.25) is 0 Å². The Balaban J connectivity index is 1.85. The molecule has 2 aromatic carbocycles. The Kier molecular flexibility index (Phi) is 6.91. The molecule has 0 spiro atoms. The van der Waals surface area contributed by atoms with E-state index in [4.69, 9.17) is 21.3 Å². The van der Waals surface area contributed by atoms with E-state index in [-0.39, 0.29) is 45.6 Å². The van der Waals surface area contributed by atoms with Gasteiger partial charge in [-0.2, -0.15) is 43.2 Å². The van der Waals surface area contributed by atoms with Gasteiger partial charge in [-0.3, -0.25) is 0 Å². The van der Waals surface area contributed by atoms with Crippen molar-refractivity contribution < 1.29 is 35.8 Å². The van der Waals surface area contributed by atoms with Gasteiger partial charge in [0.2, 0.25) is 6.19 Å². The Hall–Kier alpha value is -5.10. The Bertz CT molecular complexity index is 1440. The third-order valence-corrected chi connectivity index (χ3v) is 5.15. The molecule has 0 aliphatic heterocycles. The predicted molar refractivity (Wildman–Crippen MR) is 124 cm³/mol. The summed E-state index contributed by atoms with van der Waals surface area (Å²) in [6, 6.07) is 8.06. The molecule has 12 heteroatoms. The van der Waals surface area contributed by atoms with Gasteiger partial charge < -0.3 is 9.47 Å². The summed E-state index contributed by atoms with van der Waals surface area (Å²) < 4.78 is 90.7. The minimum atomic E-state index is -4.64. The van der Waals surface area contributed by atoms with E-state index in [0.29, 0.717) is 0 Å². The molecule has 0 fully saturated rings. The van der Waals surface area contributed by atoms with Crippen LogP contribution in [-0.2, 0) is 12.4 Å². The van der Waals surface area contributed by atoms with Crippen LogP contribution >= 0.6 is 0 Å². The molecular formula is C26H12F6N4O2. The monoisotopic (exact) mass is 526 g/mol. The number of alkyl halides is 6. The molecule has 6 nitrogen and oxygen atoms in total. The van der Waals surface area contributed by atoms with Gasteiger partial charge in [0.25, 0.3) is 0 Å². The topological polar surface area (TPSA) is 71.3 Å². The van der Waals surface area contributed by atoms with E-state index in [1.54, 1.807) is 6.19 Å². The van der Waals surface area contributed by atoms with Crippen molar-refractivity contribution in [1.82, 2.24) is 0 Å². The average Bonchev–Trinajstić information content (AvgIpc) is 2.86. The summed E-state index contributed by atoms with van der Waals surface area (Å²) in [5.41, 5.74) is -1.63. The molecule has 2 aliphatic rings. The van der Waals surface area contributed by atoms with Gasteiger partial charge >= 0.3 is 12.4 Å². The molecule has 0 saturated carbocycles. The maximum Gasteiger partial charge on any atom is 0.416 e. The van der Waals surface area contributed by atoms with Crippen LogP contribution in [0.4, 0.5) is 26.3 Å². The molecule has 0 amide bonds. The number of nitriles is 1. The Morgan fingerprint density at radius 2 is 1.21 bits per heavy atom. The van der Waals surface area contributed by atoms with Crippen molar-refractivity contribution in [1.29, 1.82) is 5.26 Å². The SMILES string of the molecule is [C-]#[N+]N=C1C=CC2=C(Oc3cccc(C(F)(F)F)c3)C(=NC#N)C=CC2=C1Oc1cccc(C(F)(F)F)c1. The van der Waals surface area contributed by atoms with Crippen LogP contribution in [0, 0.1) is 18.0 Å². The van der Waals surface area contributed by atoms with Crippen LogP contribution in [0.3, 0.4) is 0 Å². The molecule has 2 aliphatic carbocycles. The molecule has 190 valence electrons. The zero-order valence-electron chi connectivity index (χ0n) is 18.8. The zero-order chi connectivity index (χ0) is 27.5. The van der Waals surface area contributed by atoms with Crippen LogP contribution in [0.5, 0.6) is 11.5 Å². The standard InChI is InChI=1S/C26H12F6N4O2/c1-34-36-22-11-9-19-20(24(22)38-18-7-3-5-16(13-18)26(30,31)32)8-10-21(35-14-33)23(19)37-17-6-2-4-15(12-17)25(27,28)29/h2-13H.